The van der Waals surface area contributed by atoms with Crippen LogP contribution in [0.1, 0.15) is 5.56 Å². The van der Waals surface area contributed by atoms with Crippen LogP contribution in [0.25, 0.3) is 0 Å². The second-order valence-corrected chi connectivity index (χ2v) is 4.62. The summed E-state index contributed by atoms with van der Waals surface area (Å²) in [5.41, 5.74) is 6.83. The minimum Gasteiger partial charge on any atom is -0.398 e. The third-order valence-corrected chi connectivity index (χ3v) is 3.12. The smallest absolute Gasteiger partial charge is 0.251 e. The van der Waals surface area contributed by atoms with Crippen molar-refractivity contribution in [2.75, 3.05) is 5.73 Å². The first-order chi connectivity index (χ1) is 8.65. The van der Waals surface area contributed by atoms with Crippen LogP contribution in [-0.4, -0.2) is 10.5 Å². The molecule has 0 aromatic carbocycles. The molecule has 0 radical (unpaired) electrons. The van der Waals surface area contributed by atoms with Crippen LogP contribution in [0.2, 0.25) is 0 Å². The van der Waals surface area contributed by atoms with E-state index < -0.39 is 0 Å². The van der Waals surface area contributed by atoms with Gasteiger partial charge in [-0.05, 0) is 28.5 Å². The number of nitrogens with one attached hydrogen (secondary N) is 1. The van der Waals surface area contributed by atoms with E-state index >= 15 is 0 Å². The van der Waals surface area contributed by atoms with E-state index in [1.807, 2.05) is 16.8 Å². The molecular formula is C12H13N3O2S. The summed E-state index contributed by atoms with van der Waals surface area (Å²) in [5, 5.41) is 6.66. The van der Waals surface area contributed by atoms with E-state index in [1.54, 1.807) is 11.3 Å². The number of carbonyl (C=O) groups excluding carboxylic acids is 1. The lowest BCUT2D eigenvalue weighted by Gasteiger charge is -2.07. The molecule has 2 heterocycles. The maximum absolute atomic E-state index is 11.7. The minimum atomic E-state index is -0.241. The number of thiophene rings is 1. The van der Waals surface area contributed by atoms with Gasteiger partial charge in [0.05, 0.1) is 0 Å². The maximum Gasteiger partial charge on any atom is 0.251 e. The molecule has 0 saturated carbocycles. The number of carbonyl (C=O) groups is 1. The molecule has 0 fully saturated rings. The van der Waals surface area contributed by atoms with Crippen molar-refractivity contribution in [1.82, 2.24) is 9.88 Å². The summed E-state index contributed by atoms with van der Waals surface area (Å²) in [7, 11) is 0. The lowest BCUT2D eigenvalue weighted by molar-refractivity contribution is -0.121. The highest BCUT2D eigenvalue weighted by atomic mass is 32.1. The minimum absolute atomic E-state index is 0.0198. The SMILES string of the molecule is Nc1ccc(=O)n(CC(=O)NCc2ccsc2)c1. The Bertz CT molecular complexity index is 590. The predicted molar refractivity (Wildman–Crippen MR) is 71.3 cm³/mol. The summed E-state index contributed by atoms with van der Waals surface area (Å²) in [4.78, 5) is 23.1. The molecule has 2 aromatic rings. The van der Waals surface area contributed by atoms with Gasteiger partial charge < -0.3 is 15.6 Å². The first-order valence-electron chi connectivity index (χ1n) is 5.39. The van der Waals surface area contributed by atoms with Gasteiger partial charge in [0.1, 0.15) is 6.54 Å². The number of amides is 1. The Labute approximate surface area is 108 Å². The largest absolute Gasteiger partial charge is 0.398 e. The lowest BCUT2D eigenvalue weighted by Crippen LogP contribution is -2.31. The van der Waals surface area contributed by atoms with Gasteiger partial charge in [0.25, 0.3) is 5.56 Å². The van der Waals surface area contributed by atoms with Crippen molar-refractivity contribution in [1.29, 1.82) is 0 Å². The van der Waals surface area contributed by atoms with Crippen LogP contribution in [0.3, 0.4) is 0 Å². The van der Waals surface area contributed by atoms with Crippen molar-refractivity contribution in [2.45, 2.75) is 13.1 Å². The lowest BCUT2D eigenvalue weighted by atomic mass is 10.3. The molecule has 6 heteroatoms. The van der Waals surface area contributed by atoms with Crippen molar-refractivity contribution in [3.63, 3.8) is 0 Å². The molecule has 0 spiro atoms. The Morgan fingerprint density at radius 3 is 2.94 bits per heavy atom. The van der Waals surface area contributed by atoms with Crippen LogP contribution in [-0.2, 0) is 17.9 Å². The second-order valence-electron chi connectivity index (χ2n) is 3.84. The number of hydrogen-bond donors (Lipinski definition) is 2. The van der Waals surface area contributed by atoms with Crippen molar-refractivity contribution in [3.8, 4) is 0 Å². The van der Waals surface area contributed by atoms with E-state index in [4.69, 9.17) is 5.73 Å². The molecule has 0 unspecified atom stereocenters. The number of nitrogens with zero attached hydrogens (tertiary/aromatic N) is 1. The van der Waals surface area contributed by atoms with Crippen LogP contribution in [0.5, 0.6) is 0 Å². The summed E-state index contributed by atoms with van der Waals surface area (Å²) >= 11 is 1.58. The van der Waals surface area contributed by atoms with Gasteiger partial charge in [-0.25, -0.2) is 0 Å². The molecule has 0 saturated heterocycles. The van der Waals surface area contributed by atoms with Crippen molar-refractivity contribution in [2.24, 2.45) is 0 Å². The number of pyridine rings is 1. The third-order valence-electron chi connectivity index (χ3n) is 2.39. The van der Waals surface area contributed by atoms with Gasteiger partial charge in [-0.2, -0.15) is 11.3 Å². The van der Waals surface area contributed by atoms with Crippen LogP contribution >= 0.6 is 11.3 Å². The summed E-state index contributed by atoms with van der Waals surface area (Å²) in [6, 6.07) is 4.81. The monoisotopic (exact) mass is 263 g/mol. The van der Waals surface area contributed by atoms with Crippen molar-refractivity contribution >= 4 is 22.9 Å². The molecule has 0 bridgehead atoms. The molecule has 18 heavy (non-hydrogen) atoms. The molecule has 0 aliphatic rings. The molecule has 2 rings (SSSR count). The van der Waals surface area contributed by atoms with E-state index in [-0.39, 0.29) is 18.0 Å². The zero-order chi connectivity index (χ0) is 13.0. The fourth-order valence-electron chi connectivity index (χ4n) is 1.48. The molecular weight excluding hydrogens is 250 g/mol. The van der Waals surface area contributed by atoms with Crippen LogP contribution < -0.4 is 16.6 Å². The highest BCUT2D eigenvalue weighted by Gasteiger charge is 2.04. The van der Waals surface area contributed by atoms with Gasteiger partial charge in [0.2, 0.25) is 5.91 Å². The van der Waals surface area contributed by atoms with Crippen LogP contribution in [0.15, 0.2) is 40.0 Å². The topological polar surface area (TPSA) is 77.1 Å². The highest BCUT2D eigenvalue weighted by molar-refractivity contribution is 7.07. The van der Waals surface area contributed by atoms with Gasteiger partial charge in [0.15, 0.2) is 0 Å². The fraction of sp³-hybridized carbons (Fsp3) is 0.167. The van der Waals surface area contributed by atoms with Gasteiger partial charge in [-0.15, -0.1) is 0 Å². The molecule has 1 amide bonds. The van der Waals surface area contributed by atoms with Gasteiger partial charge in [0, 0.05) is 24.5 Å². The van der Waals surface area contributed by atoms with Crippen LogP contribution in [0.4, 0.5) is 5.69 Å². The molecule has 3 N–H and O–H groups in total. The predicted octanol–water partition coefficient (Wildman–Crippen LogP) is 0.808. The number of aromatic nitrogens is 1. The first-order valence-corrected chi connectivity index (χ1v) is 6.33. The van der Waals surface area contributed by atoms with Crippen molar-refractivity contribution in [3.05, 3.63) is 51.1 Å². The number of hydrogen-bond acceptors (Lipinski definition) is 4. The number of nitrogens with two attached hydrogens (primary N) is 1. The van der Waals surface area contributed by atoms with Crippen molar-refractivity contribution < 1.29 is 4.79 Å². The molecule has 0 atom stereocenters. The average molecular weight is 263 g/mol. The Morgan fingerprint density at radius 2 is 2.22 bits per heavy atom. The van der Waals surface area contributed by atoms with Gasteiger partial charge >= 0.3 is 0 Å². The zero-order valence-electron chi connectivity index (χ0n) is 9.63. The van der Waals surface area contributed by atoms with E-state index in [0.717, 1.165) is 5.56 Å². The number of nitrogen functional groups attached to an aromatic ring is 1. The number of rotatable bonds is 4. The molecule has 94 valence electrons. The van der Waals surface area contributed by atoms with E-state index in [0.29, 0.717) is 12.2 Å². The van der Waals surface area contributed by atoms with Gasteiger partial charge in [-0.1, -0.05) is 0 Å². The standard InChI is InChI=1S/C12H13N3O2S/c13-10-1-2-12(17)15(6-10)7-11(16)14-5-9-3-4-18-8-9/h1-4,6,8H,5,7,13H2,(H,14,16). The Balaban J connectivity index is 1.95. The Morgan fingerprint density at radius 1 is 1.39 bits per heavy atom. The Kier molecular flexibility index (Phi) is 3.78. The summed E-state index contributed by atoms with van der Waals surface area (Å²) < 4.78 is 1.29. The second kappa shape index (κ2) is 5.50. The molecule has 2 aromatic heterocycles. The zero-order valence-corrected chi connectivity index (χ0v) is 10.4. The molecule has 0 aliphatic carbocycles. The van der Waals surface area contributed by atoms with E-state index in [9.17, 15) is 9.59 Å². The summed E-state index contributed by atoms with van der Waals surface area (Å²) in [6.45, 7) is 0.452. The summed E-state index contributed by atoms with van der Waals surface area (Å²) in [5.74, 6) is -0.214. The number of anilines is 1. The molecule has 0 aliphatic heterocycles. The van der Waals surface area contributed by atoms with Gasteiger partial charge in [-0.3, -0.25) is 9.59 Å². The average Bonchev–Trinajstić information content (AvgIpc) is 2.84. The fourth-order valence-corrected chi connectivity index (χ4v) is 2.15. The Hall–Kier alpha value is -2.08. The van der Waals surface area contributed by atoms with Crippen LogP contribution in [0, 0.1) is 0 Å². The maximum atomic E-state index is 11.7. The quantitative estimate of drug-likeness (QED) is 0.857. The van der Waals surface area contributed by atoms with E-state index in [2.05, 4.69) is 5.32 Å². The van der Waals surface area contributed by atoms with E-state index in [1.165, 1.54) is 22.9 Å². The molecule has 5 nitrogen and oxygen atoms in total. The first kappa shape index (κ1) is 12.4. The highest BCUT2D eigenvalue weighted by Crippen LogP contribution is 2.04. The summed E-state index contributed by atoms with van der Waals surface area (Å²) in [6.07, 6.45) is 1.46. The third kappa shape index (κ3) is 3.21. The normalized spacial score (nSPS) is 10.2.